The van der Waals surface area contributed by atoms with Crippen LogP contribution >= 0.6 is 0 Å². The van der Waals surface area contributed by atoms with Gasteiger partial charge in [-0.3, -0.25) is 9.78 Å². The summed E-state index contributed by atoms with van der Waals surface area (Å²) in [5, 5.41) is -0.0517. The molecule has 12 heteroatoms. The molecule has 0 N–H and O–H groups in total. The van der Waals surface area contributed by atoms with Crippen molar-refractivity contribution in [2.75, 3.05) is 26.2 Å². The average molecular weight is 431 g/mol. The van der Waals surface area contributed by atoms with Crippen molar-refractivity contribution in [3.63, 3.8) is 0 Å². The maximum atomic E-state index is 12.8. The quantitative estimate of drug-likeness (QED) is 0.738. The Morgan fingerprint density at radius 1 is 1.14 bits per heavy atom. The molecular formula is C17H20F3N5O3S. The van der Waals surface area contributed by atoms with E-state index in [9.17, 15) is 26.4 Å². The molecule has 1 saturated heterocycles. The lowest BCUT2D eigenvalue weighted by molar-refractivity contribution is -0.141. The Morgan fingerprint density at radius 2 is 1.86 bits per heavy atom. The van der Waals surface area contributed by atoms with Crippen molar-refractivity contribution in [3.05, 3.63) is 41.6 Å². The maximum absolute atomic E-state index is 12.8. The molecule has 3 heterocycles. The second-order valence-corrected chi connectivity index (χ2v) is 8.60. The van der Waals surface area contributed by atoms with Crippen LogP contribution in [0.5, 0.6) is 0 Å². The Hall–Kier alpha value is -2.47. The molecule has 1 fully saturated rings. The van der Waals surface area contributed by atoms with Gasteiger partial charge in [0, 0.05) is 45.6 Å². The smallest absolute Gasteiger partial charge is 0.337 e. The molecule has 1 aliphatic heterocycles. The molecule has 0 radical (unpaired) electrons. The summed E-state index contributed by atoms with van der Waals surface area (Å²) in [6.07, 6.45) is -1.86. The number of hydrogen-bond donors (Lipinski definition) is 0. The van der Waals surface area contributed by atoms with E-state index in [0.717, 1.165) is 18.3 Å². The minimum absolute atomic E-state index is 0.0228. The summed E-state index contributed by atoms with van der Waals surface area (Å²) in [4.78, 5) is 21.4. The first-order valence-corrected chi connectivity index (χ1v) is 10.3. The molecular weight excluding hydrogens is 411 g/mol. The molecule has 0 unspecified atom stereocenters. The first kappa shape index (κ1) is 21.2. The number of aryl methyl sites for hydroxylation is 2. The number of amides is 1. The fraction of sp³-hybridized carbons (Fsp3) is 0.471. The van der Waals surface area contributed by atoms with E-state index in [2.05, 4.69) is 9.97 Å². The monoisotopic (exact) mass is 431 g/mol. The standard InChI is InChI=1S/C17H20F3N5O3S/c1-12-22-15(11-23(12)2)29(27,28)25-7-3-6-24(8-9-25)16(26)13-4-5-14(21-10-13)17(18,19)20/h4-5,10-11H,3,6-9H2,1-2H3. The number of sulfonamides is 1. The normalized spacial score (nSPS) is 16.7. The Balaban J connectivity index is 1.71. The van der Waals surface area contributed by atoms with Crippen molar-refractivity contribution in [1.82, 2.24) is 23.7 Å². The van der Waals surface area contributed by atoms with Crippen LogP contribution in [0.2, 0.25) is 0 Å². The fourth-order valence-corrected chi connectivity index (χ4v) is 4.49. The first-order valence-electron chi connectivity index (χ1n) is 8.83. The van der Waals surface area contributed by atoms with Crippen LogP contribution in [0, 0.1) is 6.92 Å². The lowest BCUT2D eigenvalue weighted by Gasteiger charge is -2.21. The summed E-state index contributed by atoms with van der Waals surface area (Å²) >= 11 is 0. The van der Waals surface area contributed by atoms with E-state index in [1.165, 1.54) is 15.4 Å². The Kier molecular flexibility index (Phi) is 5.68. The molecule has 8 nitrogen and oxygen atoms in total. The molecule has 0 atom stereocenters. The summed E-state index contributed by atoms with van der Waals surface area (Å²) in [5.74, 6) is 0.0733. The maximum Gasteiger partial charge on any atom is 0.433 e. The van der Waals surface area contributed by atoms with Gasteiger partial charge in [-0.15, -0.1) is 0 Å². The SMILES string of the molecule is Cc1nc(S(=O)(=O)N2CCCN(C(=O)c3ccc(C(F)(F)F)nc3)CC2)cn1C. The highest BCUT2D eigenvalue weighted by Crippen LogP contribution is 2.27. The minimum atomic E-state index is -4.58. The third kappa shape index (κ3) is 4.42. The third-order valence-corrected chi connectivity index (χ3v) is 6.50. The lowest BCUT2D eigenvalue weighted by atomic mass is 10.2. The Labute approximate surface area is 166 Å². The number of alkyl halides is 3. The van der Waals surface area contributed by atoms with Crippen LogP contribution in [0.3, 0.4) is 0 Å². The van der Waals surface area contributed by atoms with Gasteiger partial charge in [0.05, 0.1) is 5.56 Å². The summed E-state index contributed by atoms with van der Waals surface area (Å²) in [6, 6.07) is 1.83. The highest BCUT2D eigenvalue weighted by molar-refractivity contribution is 7.89. The van der Waals surface area contributed by atoms with Crippen molar-refractivity contribution in [3.8, 4) is 0 Å². The third-order valence-electron chi connectivity index (χ3n) is 4.73. The van der Waals surface area contributed by atoms with E-state index in [0.29, 0.717) is 12.2 Å². The first-order chi connectivity index (χ1) is 13.5. The molecule has 0 aromatic carbocycles. The zero-order valence-corrected chi connectivity index (χ0v) is 16.7. The number of carbonyl (C=O) groups is 1. The van der Waals surface area contributed by atoms with Gasteiger partial charge in [0.25, 0.3) is 15.9 Å². The summed E-state index contributed by atoms with van der Waals surface area (Å²) < 4.78 is 66.4. The molecule has 2 aromatic heterocycles. The second-order valence-electron chi connectivity index (χ2n) is 6.72. The van der Waals surface area contributed by atoms with Gasteiger partial charge in [-0.1, -0.05) is 0 Å². The summed E-state index contributed by atoms with van der Waals surface area (Å²) in [7, 11) is -2.10. The average Bonchev–Trinajstić information content (AvgIpc) is 2.86. The lowest BCUT2D eigenvalue weighted by Crippen LogP contribution is -2.37. The summed E-state index contributed by atoms with van der Waals surface area (Å²) in [6.45, 7) is 2.38. The molecule has 2 aromatic rings. The van der Waals surface area contributed by atoms with E-state index in [4.69, 9.17) is 0 Å². The van der Waals surface area contributed by atoms with E-state index >= 15 is 0 Å². The zero-order valence-electron chi connectivity index (χ0n) is 15.8. The van der Waals surface area contributed by atoms with Gasteiger partial charge in [-0.05, 0) is 25.5 Å². The minimum Gasteiger partial charge on any atom is -0.337 e. The Morgan fingerprint density at radius 3 is 2.41 bits per heavy atom. The number of hydrogen-bond acceptors (Lipinski definition) is 5. The van der Waals surface area contributed by atoms with Crippen LogP contribution in [0.1, 0.15) is 28.3 Å². The van der Waals surface area contributed by atoms with Crippen molar-refractivity contribution < 1.29 is 26.4 Å². The van der Waals surface area contributed by atoms with Crippen molar-refractivity contribution >= 4 is 15.9 Å². The Bertz CT molecular complexity index is 983. The zero-order chi connectivity index (χ0) is 21.4. The van der Waals surface area contributed by atoms with Crippen molar-refractivity contribution in [2.45, 2.75) is 24.5 Å². The van der Waals surface area contributed by atoms with Crippen LogP contribution in [0.4, 0.5) is 13.2 Å². The second kappa shape index (κ2) is 7.75. The molecule has 0 saturated carbocycles. The van der Waals surface area contributed by atoms with Gasteiger partial charge in [-0.2, -0.15) is 17.5 Å². The van der Waals surface area contributed by atoms with Crippen LogP contribution in [-0.4, -0.2) is 64.2 Å². The number of aromatic nitrogens is 3. The van der Waals surface area contributed by atoms with Crippen LogP contribution in [0.25, 0.3) is 0 Å². The van der Waals surface area contributed by atoms with Gasteiger partial charge >= 0.3 is 6.18 Å². The number of carbonyl (C=O) groups excluding carboxylic acids is 1. The molecule has 0 spiro atoms. The molecule has 29 heavy (non-hydrogen) atoms. The van der Waals surface area contributed by atoms with Gasteiger partial charge in [0.1, 0.15) is 11.5 Å². The fourth-order valence-electron chi connectivity index (χ4n) is 2.99. The van der Waals surface area contributed by atoms with Crippen molar-refractivity contribution in [1.29, 1.82) is 0 Å². The molecule has 3 rings (SSSR count). The number of nitrogens with zero attached hydrogens (tertiary/aromatic N) is 5. The van der Waals surface area contributed by atoms with Gasteiger partial charge in [-0.25, -0.2) is 13.4 Å². The molecule has 0 bridgehead atoms. The number of rotatable bonds is 3. The van der Waals surface area contributed by atoms with Gasteiger partial charge in [0.2, 0.25) is 0 Å². The number of imidazole rings is 1. The van der Waals surface area contributed by atoms with Crippen LogP contribution < -0.4 is 0 Å². The van der Waals surface area contributed by atoms with E-state index < -0.39 is 27.8 Å². The predicted octanol–water partition coefficient (Wildman–Crippen LogP) is 1.68. The highest BCUT2D eigenvalue weighted by Gasteiger charge is 2.33. The highest BCUT2D eigenvalue weighted by atomic mass is 32.2. The van der Waals surface area contributed by atoms with Gasteiger partial charge < -0.3 is 9.47 Å². The van der Waals surface area contributed by atoms with Crippen LogP contribution in [-0.2, 0) is 23.2 Å². The van der Waals surface area contributed by atoms with Gasteiger partial charge in [0.15, 0.2) is 5.03 Å². The predicted molar refractivity (Wildman–Crippen MR) is 96.5 cm³/mol. The number of pyridine rings is 1. The molecule has 1 aliphatic rings. The van der Waals surface area contributed by atoms with Crippen LogP contribution in [0.15, 0.2) is 29.6 Å². The van der Waals surface area contributed by atoms with E-state index in [1.807, 2.05) is 0 Å². The van der Waals surface area contributed by atoms with E-state index in [-0.39, 0.29) is 36.8 Å². The largest absolute Gasteiger partial charge is 0.433 e. The number of halogens is 3. The molecule has 1 amide bonds. The summed E-state index contributed by atoms with van der Waals surface area (Å²) in [5.41, 5.74) is -1.05. The van der Waals surface area contributed by atoms with Crippen molar-refractivity contribution in [2.24, 2.45) is 7.05 Å². The van der Waals surface area contributed by atoms with E-state index in [1.54, 1.807) is 18.5 Å². The molecule has 158 valence electrons. The topological polar surface area (TPSA) is 88.4 Å². The molecule has 0 aliphatic carbocycles.